The van der Waals surface area contributed by atoms with Crippen LogP contribution in [0.3, 0.4) is 0 Å². The third kappa shape index (κ3) is 3.03. The van der Waals surface area contributed by atoms with E-state index in [-0.39, 0.29) is 0 Å². The van der Waals surface area contributed by atoms with Gasteiger partial charge in [-0.25, -0.2) is 9.67 Å². The molecule has 2 aromatic heterocycles. The number of halogens is 2. The van der Waals surface area contributed by atoms with Crippen LogP contribution in [0.15, 0.2) is 61.1 Å². The lowest BCUT2D eigenvalue weighted by Gasteiger charge is -2.10. The molecule has 0 N–H and O–H groups in total. The van der Waals surface area contributed by atoms with Crippen LogP contribution in [0.5, 0.6) is 0 Å². The van der Waals surface area contributed by atoms with Gasteiger partial charge in [0.1, 0.15) is 11.4 Å². The van der Waals surface area contributed by atoms with E-state index in [0.717, 1.165) is 33.9 Å². The van der Waals surface area contributed by atoms with Gasteiger partial charge in [0.15, 0.2) is 0 Å². The number of para-hydroxylation sites is 1. The minimum absolute atomic E-state index is 0.586. The maximum atomic E-state index is 6.50. The number of rotatable bonds is 4. The van der Waals surface area contributed by atoms with Crippen LogP contribution >= 0.6 is 23.2 Å². The lowest BCUT2D eigenvalue weighted by atomic mass is 10.1. The summed E-state index contributed by atoms with van der Waals surface area (Å²) in [6.07, 6.45) is 6.44. The Morgan fingerprint density at radius 2 is 1.75 bits per heavy atom. The monoisotopic (exact) mass is 408 g/mol. The Morgan fingerprint density at radius 1 is 1.00 bits per heavy atom. The maximum Gasteiger partial charge on any atom is 0.116 e. The molecule has 5 rings (SSSR count). The van der Waals surface area contributed by atoms with Crippen molar-refractivity contribution in [2.24, 2.45) is 0 Å². The van der Waals surface area contributed by atoms with Gasteiger partial charge in [0.25, 0.3) is 0 Å². The molecule has 0 amide bonds. The van der Waals surface area contributed by atoms with Crippen LogP contribution < -0.4 is 0 Å². The summed E-state index contributed by atoms with van der Waals surface area (Å²) in [6, 6.07) is 16.1. The Hall–Kier alpha value is -2.56. The zero-order valence-corrected chi connectivity index (χ0v) is 16.8. The second-order valence-corrected chi connectivity index (χ2v) is 7.97. The number of imidazole rings is 1. The summed E-state index contributed by atoms with van der Waals surface area (Å²) in [5.74, 6) is 0. The van der Waals surface area contributed by atoms with E-state index >= 15 is 0 Å². The van der Waals surface area contributed by atoms with Crippen molar-refractivity contribution in [2.45, 2.75) is 25.8 Å². The molecule has 1 saturated carbocycles. The quantitative estimate of drug-likeness (QED) is 0.394. The second kappa shape index (κ2) is 6.80. The molecule has 0 spiro atoms. The molecule has 1 fully saturated rings. The highest BCUT2D eigenvalue weighted by atomic mass is 35.5. The fourth-order valence-electron chi connectivity index (χ4n) is 3.52. The summed E-state index contributed by atoms with van der Waals surface area (Å²) in [7, 11) is 0. The van der Waals surface area contributed by atoms with Gasteiger partial charge in [0.2, 0.25) is 0 Å². The standard InChI is InChI=1S/C22H18Cl2N4/c1-14-21(19-12-27(13-25-19)17-10-11-17)26-28(20-5-3-2-4-18(20)24)22(14)15-6-8-16(23)9-7-15/h2-9,12-13,17H,10-11H2,1H3. The van der Waals surface area contributed by atoms with Gasteiger partial charge in [-0.05, 0) is 44.0 Å². The van der Waals surface area contributed by atoms with Gasteiger partial charge in [-0.3, -0.25) is 0 Å². The maximum absolute atomic E-state index is 6.50. The molecule has 28 heavy (non-hydrogen) atoms. The molecule has 0 bridgehead atoms. The zero-order valence-electron chi connectivity index (χ0n) is 15.3. The molecular formula is C22H18Cl2N4. The first-order valence-electron chi connectivity index (χ1n) is 9.26. The molecule has 4 nitrogen and oxygen atoms in total. The van der Waals surface area contributed by atoms with E-state index < -0.39 is 0 Å². The summed E-state index contributed by atoms with van der Waals surface area (Å²) in [4.78, 5) is 4.62. The van der Waals surface area contributed by atoms with Crippen molar-refractivity contribution in [1.82, 2.24) is 19.3 Å². The fourth-order valence-corrected chi connectivity index (χ4v) is 3.86. The van der Waals surface area contributed by atoms with Crippen LogP contribution in [0.25, 0.3) is 28.3 Å². The third-order valence-electron chi connectivity index (χ3n) is 5.13. The van der Waals surface area contributed by atoms with Crippen molar-refractivity contribution in [1.29, 1.82) is 0 Å². The normalized spacial score (nSPS) is 13.8. The van der Waals surface area contributed by atoms with E-state index in [1.54, 1.807) is 0 Å². The predicted molar refractivity (Wildman–Crippen MR) is 113 cm³/mol. The van der Waals surface area contributed by atoms with Gasteiger partial charge in [0, 0.05) is 28.4 Å². The lowest BCUT2D eigenvalue weighted by molar-refractivity contribution is 0.740. The molecule has 1 aliphatic rings. The van der Waals surface area contributed by atoms with Crippen LogP contribution in [0.2, 0.25) is 10.0 Å². The molecule has 0 saturated heterocycles. The topological polar surface area (TPSA) is 35.6 Å². The molecule has 2 heterocycles. The van der Waals surface area contributed by atoms with Crippen molar-refractivity contribution in [2.75, 3.05) is 0 Å². The molecule has 4 aromatic rings. The molecule has 2 aromatic carbocycles. The average molecular weight is 409 g/mol. The molecule has 0 radical (unpaired) electrons. The van der Waals surface area contributed by atoms with Gasteiger partial charge in [0.05, 0.1) is 22.7 Å². The van der Waals surface area contributed by atoms with Crippen LogP contribution in [-0.2, 0) is 0 Å². The highest BCUT2D eigenvalue weighted by molar-refractivity contribution is 6.32. The fraction of sp³-hybridized carbons (Fsp3) is 0.182. The smallest absolute Gasteiger partial charge is 0.116 e. The van der Waals surface area contributed by atoms with Gasteiger partial charge < -0.3 is 4.57 Å². The SMILES string of the molecule is Cc1c(-c2cn(C3CC3)cn2)nn(-c2ccccc2Cl)c1-c1ccc(Cl)cc1. The van der Waals surface area contributed by atoms with Gasteiger partial charge in [-0.2, -0.15) is 5.10 Å². The summed E-state index contributed by atoms with van der Waals surface area (Å²) < 4.78 is 4.09. The highest BCUT2D eigenvalue weighted by Gasteiger charge is 2.25. The number of nitrogens with zero attached hydrogens (tertiary/aromatic N) is 4. The second-order valence-electron chi connectivity index (χ2n) is 7.13. The molecular weight excluding hydrogens is 391 g/mol. The third-order valence-corrected chi connectivity index (χ3v) is 5.70. The predicted octanol–water partition coefficient (Wildman–Crippen LogP) is 6.35. The zero-order chi connectivity index (χ0) is 19.3. The summed E-state index contributed by atoms with van der Waals surface area (Å²) >= 11 is 12.6. The van der Waals surface area contributed by atoms with E-state index in [2.05, 4.69) is 22.7 Å². The summed E-state index contributed by atoms with van der Waals surface area (Å²) in [6.45, 7) is 2.08. The Labute approximate surface area is 173 Å². The van der Waals surface area contributed by atoms with Gasteiger partial charge in [-0.15, -0.1) is 0 Å². The first-order valence-corrected chi connectivity index (χ1v) is 10.0. The minimum atomic E-state index is 0.586. The minimum Gasteiger partial charge on any atom is -0.334 e. The molecule has 0 unspecified atom stereocenters. The van der Waals surface area contributed by atoms with E-state index in [1.807, 2.05) is 59.5 Å². The molecule has 0 atom stereocenters. The van der Waals surface area contributed by atoms with Gasteiger partial charge >= 0.3 is 0 Å². The highest BCUT2D eigenvalue weighted by Crippen LogP contribution is 2.38. The van der Waals surface area contributed by atoms with Crippen LogP contribution in [0.4, 0.5) is 0 Å². The van der Waals surface area contributed by atoms with Crippen LogP contribution in [0, 0.1) is 6.92 Å². The Morgan fingerprint density at radius 3 is 2.46 bits per heavy atom. The number of hydrogen-bond acceptors (Lipinski definition) is 2. The Balaban J connectivity index is 1.72. The molecule has 6 heteroatoms. The van der Waals surface area contributed by atoms with Crippen LogP contribution in [-0.4, -0.2) is 19.3 Å². The molecule has 1 aliphatic carbocycles. The largest absolute Gasteiger partial charge is 0.334 e. The summed E-state index contributed by atoms with van der Waals surface area (Å²) in [5.41, 5.74) is 5.66. The molecule has 140 valence electrons. The van der Waals surface area contributed by atoms with Crippen molar-refractivity contribution in [3.63, 3.8) is 0 Å². The van der Waals surface area contributed by atoms with Crippen LogP contribution in [0.1, 0.15) is 24.4 Å². The van der Waals surface area contributed by atoms with Crippen molar-refractivity contribution >= 4 is 23.2 Å². The van der Waals surface area contributed by atoms with E-state index in [4.69, 9.17) is 28.3 Å². The number of hydrogen-bond donors (Lipinski definition) is 0. The first-order chi connectivity index (χ1) is 13.6. The summed E-state index contributed by atoms with van der Waals surface area (Å²) in [5, 5.41) is 6.28. The number of aromatic nitrogens is 4. The molecule has 0 aliphatic heterocycles. The average Bonchev–Trinajstić information content (AvgIpc) is 3.34. The van der Waals surface area contributed by atoms with E-state index in [9.17, 15) is 0 Å². The Bertz CT molecular complexity index is 1150. The Kier molecular flexibility index (Phi) is 4.26. The lowest BCUT2D eigenvalue weighted by Crippen LogP contribution is -2.00. The number of benzene rings is 2. The van der Waals surface area contributed by atoms with Crippen molar-refractivity contribution in [3.8, 4) is 28.3 Å². The van der Waals surface area contributed by atoms with Crippen molar-refractivity contribution < 1.29 is 0 Å². The van der Waals surface area contributed by atoms with E-state index in [0.29, 0.717) is 16.1 Å². The van der Waals surface area contributed by atoms with Crippen molar-refractivity contribution in [3.05, 3.63) is 76.7 Å². The van der Waals surface area contributed by atoms with Gasteiger partial charge in [-0.1, -0.05) is 47.5 Å². The van der Waals surface area contributed by atoms with E-state index in [1.165, 1.54) is 12.8 Å². The first kappa shape index (κ1) is 17.5.